The van der Waals surface area contributed by atoms with Gasteiger partial charge in [0.15, 0.2) is 0 Å². The average molecular weight is 586 g/mol. The highest BCUT2D eigenvalue weighted by molar-refractivity contribution is 5.95. The van der Waals surface area contributed by atoms with Crippen molar-refractivity contribution in [2.45, 2.75) is 56.3 Å². The number of carbonyl (C=O) groups is 4. The van der Waals surface area contributed by atoms with Gasteiger partial charge in [0, 0.05) is 26.4 Å². The lowest BCUT2D eigenvalue weighted by atomic mass is 10.0. The predicted octanol–water partition coefficient (Wildman–Crippen LogP) is 1.54. The molecule has 4 amide bonds. The smallest absolute Gasteiger partial charge is 0.245 e. The molecule has 4 atom stereocenters. The van der Waals surface area contributed by atoms with E-state index >= 15 is 0 Å². The number of carbonyl (C=O) groups excluding carboxylic acids is 4. The van der Waals surface area contributed by atoms with Crippen molar-refractivity contribution in [1.29, 1.82) is 0 Å². The van der Waals surface area contributed by atoms with Crippen molar-refractivity contribution in [3.8, 4) is 5.75 Å². The minimum absolute atomic E-state index is 0.119. The monoisotopic (exact) mass is 585 g/mol. The third kappa shape index (κ3) is 8.20. The molecular weight excluding hydrogens is 546 g/mol. The molecule has 0 bridgehead atoms. The molecule has 0 aliphatic carbocycles. The Hall–Kier alpha value is -4.70. The standard InChI is InChI=1S/C33H39N5O5/c1-37(33(43)28-13-8-18-38(28)32(42)26(34)19-24-14-16-25(39)17-15-24)29(21-23-11-6-3-7-12-23)31(41)36-27(30(35)40)20-22-9-4-2-5-10-22/h2-7,9-12,14-17,26-29,39H,8,13,18-21,34H2,1H3,(H2,35,40)(H,36,41)/t26-,27+,28-,29-/m0/s1. The third-order valence-electron chi connectivity index (χ3n) is 7.86. The maximum Gasteiger partial charge on any atom is 0.245 e. The summed E-state index contributed by atoms with van der Waals surface area (Å²) >= 11 is 0. The second-order valence-corrected chi connectivity index (χ2v) is 11.0. The molecule has 1 heterocycles. The summed E-state index contributed by atoms with van der Waals surface area (Å²) in [4.78, 5) is 56.2. The normalized spacial score (nSPS) is 16.6. The lowest BCUT2D eigenvalue weighted by Crippen LogP contribution is -2.58. The highest BCUT2D eigenvalue weighted by atomic mass is 16.3. The number of nitrogens with zero attached hydrogens (tertiary/aromatic N) is 2. The number of likely N-dealkylation sites (tertiary alicyclic amines) is 1. The van der Waals surface area contributed by atoms with Crippen molar-refractivity contribution in [3.05, 3.63) is 102 Å². The van der Waals surface area contributed by atoms with Gasteiger partial charge in [0.2, 0.25) is 23.6 Å². The first-order valence-corrected chi connectivity index (χ1v) is 14.4. The molecule has 0 unspecified atom stereocenters. The summed E-state index contributed by atoms with van der Waals surface area (Å²) in [6.45, 7) is 0.378. The Kier molecular flexibility index (Phi) is 10.5. The fraction of sp³-hybridized carbons (Fsp3) is 0.333. The van der Waals surface area contributed by atoms with E-state index in [1.807, 2.05) is 60.7 Å². The molecule has 0 radical (unpaired) electrons. The van der Waals surface area contributed by atoms with Crippen molar-refractivity contribution in [2.75, 3.05) is 13.6 Å². The van der Waals surface area contributed by atoms with E-state index in [0.717, 1.165) is 16.7 Å². The van der Waals surface area contributed by atoms with Gasteiger partial charge in [-0.3, -0.25) is 19.2 Å². The van der Waals surface area contributed by atoms with Crippen LogP contribution in [0, 0.1) is 0 Å². The largest absolute Gasteiger partial charge is 0.508 e. The lowest BCUT2D eigenvalue weighted by molar-refractivity contribution is -0.147. The topological polar surface area (TPSA) is 159 Å². The van der Waals surface area contributed by atoms with Crippen molar-refractivity contribution in [2.24, 2.45) is 11.5 Å². The number of phenols is 1. The molecule has 10 nitrogen and oxygen atoms in total. The predicted molar refractivity (Wildman–Crippen MR) is 162 cm³/mol. The number of amides is 4. The van der Waals surface area contributed by atoms with Crippen LogP contribution in [0.3, 0.4) is 0 Å². The van der Waals surface area contributed by atoms with Gasteiger partial charge in [-0.25, -0.2) is 0 Å². The highest BCUT2D eigenvalue weighted by Gasteiger charge is 2.40. The summed E-state index contributed by atoms with van der Waals surface area (Å²) in [5, 5.41) is 12.3. The number of nitrogens with two attached hydrogens (primary N) is 2. The molecule has 0 spiro atoms. The summed E-state index contributed by atoms with van der Waals surface area (Å²) in [6.07, 6.45) is 1.73. The second kappa shape index (κ2) is 14.5. The van der Waals surface area contributed by atoms with Gasteiger partial charge in [-0.2, -0.15) is 0 Å². The summed E-state index contributed by atoms with van der Waals surface area (Å²) < 4.78 is 0. The number of rotatable bonds is 12. The molecular formula is C33H39N5O5. The second-order valence-electron chi connectivity index (χ2n) is 11.0. The fourth-order valence-electron chi connectivity index (χ4n) is 5.45. The van der Waals surface area contributed by atoms with E-state index in [0.29, 0.717) is 19.4 Å². The number of hydrogen-bond donors (Lipinski definition) is 4. The van der Waals surface area contributed by atoms with E-state index in [1.165, 1.54) is 21.9 Å². The summed E-state index contributed by atoms with van der Waals surface area (Å²) in [7, 11) is 1.54. The molecule has 1 aliphatic heterocycles. The zero-order chi connectivity index (χ0) is 30.9. The van der Waals surface area contributed by atoms with Crippen LogP contribution in [0.5, 0.6) is 5.75 Å². The highest BCUT2D eigenvalue weighted by Crippen LogP contribution is 2.23. The van der Waals surface area contributed by atoms with Crippen molar-refractivity contribution in [3.63, 3.8) is 0 Å². The van der Waals surface area contributed by atoms with Gasteiger partial charge in [-0.05, 0) is 48.1 Å². The summed E-state index contributed by atoms with van der Waals surface area (Å²) in [5.74, 6) is -1.80. The molecule has 6 N–H and O–H groups in total. The Morgan fingerprint density at radius 1 is 0.884 bits per heavy atom. The lowest BCUT2D eigenvalue weighted by Gasteiger charge is -2.34. The van der Waals surface area contributed by atoms with Crippen LogP contribution in [0.15, 0.2) is 84.9 Å². The molecule has 1 saturated heterocycles. The first-order chi connectivity index (χ1) is 20.6. The van der Waals surface area contributed by atoms with Gasteiger partial charge in [-0.15, -0.1) is 0 Å². The van der Waals surface area contributed by atoms with Crippen molar-refractivity contribution >= 4 is 23.6 Å². The van der Waals surface area contributed by atoms with Crippen LogP contribution in [0.25, 0.3) is 0 Å². The number of phenolic OH excluding ortho intramolecular Hbond substituents is 1. The van der Waals surface area contributed by atoms with Crippen LogP contribution in [0.2, 0.25) is 0 Å². The molecule has 1 aliphatic rings. The number of primary amides is 1. The van der Waals surface area contributed by atoms with Crippen molar-refractivity contribution < 1.29 is 24.3 Å². The van der Waals surface area contributed by atoms with Crippen LogP contribution >= 0.6 is 0 Å². The first-order valence-electron chi connectivity index (χ1n) is 14.4. The van der Waals surface area contributed by atoms with Crippen LogP contribution in [-0.4, -0.2) is 76.3 Å². The van der Waals surface area contributed by atoms with Gasteiger partial charge >= 0.3 is 0 Å². The van der Waals surface area contributed by atoms with E-state index in [9.17, 15) is 24.3 Å². The Bertz CT molecular complexity index is 1400. The van der Waals surface area contributed by atoms with Gasteiger partial charge in [0.25, 0.3) is 0 Å². The maximum atomic E-state index is 13.9. The maximum absolute atomic E-state index is 13.9. The molecule has 10 heteroatoms. The van der Waals surface area contributed by atoms with Crippen molar-refractivity contribution in [1.82, 2.24) is 15.1 Å². The number of likely N-dealkylation sites (N-methyl/N-ethyl adjacent to an activating group) is 1. The zero-order valence-electron chi connectivity index (χ0n) is 24.3. The Morgan fingerprint density at radius 2 is 1.44 bits per heavy atom. The SMILES string of the molecule is CN(C(=O)[C@@H]1CCCN1C(=O)[C@@H](N)Cc1ccc(O)cc1)[C@@H](Cc1ccccc1)C(=O)N[C@H](Cc1ccccc1)C(N)=O. The number of aromatic hydroxyl groups is 1. The molecule has 4 rings (SSSR count). The quantitative estimate of drug-likeness (QED) is 0.252. The van der Waals surface area contributed by atoms with E-state index in [2.05, 4.69) is 5.32 Å². The molecule has 0 saturated carbocycles. The third-order valence-corrected chi connectivity index (χ3v) is 7.86. The van der Waals surface area contributed by atoms with Crippen LogP contribution in [0.1, 0.15) is 29.5 Å². The zero-order valence-corrected chi connectivity index (χ0v) is 24.3. The molecule has 226 valence electrons. The van der Waals surface area contributed by atoms with Crippen LogP contribution in [0.4, 0.5) is 0 Å². The van der Waals surface area contributed by atoms with Gasteiger partial charge in [0.1, 0.15) is 23.9 Å². The summed E-state index contributed by atoms with van der Waals surface area (Å²) in [5.41, 5.74) is 14.4. The molecule has 0 aromatic heterocycles. The van der Waals surface area contributed by atoms with Gasteiger partial charge < -0.3 is 31.7 Å². The van der Waals surface area contributed by atoms with Gasteiger partial charge in [0.05, 0.1) is 6.04 Å². The fourth-order valence-corrected chi connectivity index (χ4v) is 5.45. The van der Waals surface area contributed by atoms with Gasteiger partial charge in [-0.1, -0.05) is 72.8 Å². The molecule has 43 heavy (non-hydrogen) atoms. The Balaban J connectivity index is 1.51. The number of nitrogens with one attached hydrogen (secondary N) is 1. The number of hydrogen-bond acceptors (Lipinski definition) is 6. The van der Waals surface area contributed by atoms with Crippen LogP contribution < -0.4 is 16.8 Å². The molecule has 3 aromatic carbocycles. The van der Waals surface area contributed by atoms with E-state index in [1.54, 1.807) is 19.2 Å². The minimum Gasteiger partial charge on any atom is -0.508 e. The van der Waals surface area contributed by atoms with Crippen LogP contribution in [-0.2, 0) is 38.4 Å². The first kappa shape index (κ1) is 31.2. The van der Waals surface area contributed by atoms with E-state index in [4.69, 9.17) is 11.5 Å². The summed E-state index contributed by atoms with van der Waals surface area (Å²) in [6, 6.07) is 21.4. The number of benzene rings is 3. The Morgan fingerprint density at radius 3 is 2.02 bits per heavy atom. The van der Waals surface area contributed by atoms with E-state index in [-0.39, 0.29) is 36.8 Å². The molecule has 3 aromatic rings. The average Bonchev–Trinajstić information content (AvgIpc) is 3.50. The van der Waals surface area contributed by atoms with E-state index < -0.39 is 36.0 Å². The minimum atomic E-state index is -0.973. The molecule has 1 fully saturated rings. The Labute approximate surface area is 251 Å².